The fraction of sp³-hybridized carbons (Fsp3) is 0.348. The second-order valence-electron chi connectivity index (χ2n) is 7.98. The van der Waals surface area contributed by atoms with Crippen LogP contribution in [0.4, 0.5) is 11.4 Å². The molecule has 156 valence electrons. The quantitative estimate of drug-likeness (QED) is 0.447. The van der Waals surface area contributed by atoms with Crippen molar-refractivity contribution in [3.63, 3.8) is 0 Å². The molecule has 1 aliphatic heterocycles. The van der Waals surface area contributed by atoms with E-state index in [1.807, 2.05) is 32.0 Å². The van der Waals surface area contributed by atoms with E-state index in [4.69, 9.17) is 0 Å². The molecule has 0 radical (unpaired) electrons. The number of fused-ring (bicyclic) bond motifs is 1. The van der Waals surface area contributed by atoms with Crippen LogP contribution in [0.25, 0.3) is 0 Å². The highest BCUT2D eigenvalue weighted by Crippen LogP contribution is 2.44. The van der Waals surface area contributed by atoms with Crippen molar-refractivity contribution in [1.82, 2.24) is 0 Å². The summed E-state index contributed by atoms with van der Waals surface area (Å²) < 4.78 is 0. The molecule has 2 aliphatic rings. The number of hydrogen-bond acceptors (Lipinski definition) is 3. The fourth-order valence-corrected chi connectivity index (χ4v) is 5.43. The third-order valence-electron chi connectivity index (χ3n) is 6.15. The van der Waals surface area contributed by atoms with E-state index < -0.39 is 0 Å². The zero-order valence-electron chi connectivity index (χ0n) is 16.7. The van der Waals surface area contributed by atoms with Crippen molar-refractivity contribution in [1.29, 1.82) is 0 Å². The summed E-state index contributed by atoms with van der Waals surface area (Å²) in [6.07, 6.45) is 1.27. The van der Waals surface area contributed by atoms with Crippen molar-refractivity contribution in [3.05, 3.63) is 59.2 Å². The smallest absolute Gasteiger partial charge is 0.255 e. The lowest BCUT2D eigenvalue weighted by molar-refractivity contribution is -0.122. The number of nitrogens with one attached hydrogen (secondary N) is 1. The van der Waals surface area contributed by atoms with Crippen LogP contribution >= 0.6 is 31.9 Å². The first-order valence-electron chi connectivity index (χ1n) is 9.91. The third-order valence-corrected chi connectivity index (χ3v) is 8.89. The molecule has 0 unspecified atom stereocenters. The molecule has 1 saturated heterocycles. The Labute approximate surface area is 192 Å². The second kappa shape index (κ2) is 8.27. The summed E-state index contributed by atoms with van der Waals surface area (Å²) in [7, 11) is 0. The van der Waals surface area contributed by atoms with Gasteiger partial charge in [0.15, 0.2) is 0 Å². The maximum Gasteiger partial charge on any atom is 0.255 e. The Balaban J connectivity index is 1.52. The van der Waals surface area contributed by atoms with Crippen LogP contribution in [0.15, 0.2) is 42.5 Å². The first-order valence-corrected chi connectivity index (χ1v) is 11.7. The van der Waals surface area contributed by atoms with Crippen LogP contribution in [0.2, 0.25) is 0 Å². The molecule has 4 atom stereocenters. The minimum Gasteiger partial charge on any atom is -0.322 e. The SMILES string of the molecule is Cc1cccc(NC(=O)c2ccc(N3C(=O)[C@@H]4C[C@@H](Br)[C@@H](Br)C[C@H]4C3=O)cc2)c1C. The lowest BCUT2D eigenvalue weighted by atomic mass is 9.81. The van der Waals surface area contributed by atoms with Crippen LogP contribution in [0, 0.1) is 25.7 Å². The van der Waals surface area contributed by atoms with Crippen molar-refractivity contribution < 1.29 is 14.4 Å². The van der Waals surface area contributed by atoms with Gasteiger partial charge in [-0.2, -0.15) is 0 Å². The Bertz CT molecular complexity index is 994. The van der Waals surface area contributed by atoms with Gasteiger partial charge in [0.2, 0.25) is 11.8 Å². The fourth-order valence-electron chi connectivity index (χ4n) is 4.19. The molecule has 30 heavy (non-hydrogen) atoms. The lowest BCUT2D eigenvalue weighted by Gasteiger charge is -2.29. The van der Waals surface area contributed by atoms with Gasteiger partial charge in [0.05, 0.1) is 17.5 Å². The van der Waals surface area contributed by atoms with Gasteiger partial charge < -0.3 is 5.32 Å². The van der Waals surface area contributed by atoms with E-state index in [9.17, 15) is 14.4 Å². The van der Waals surface area contributed by atoms with E-state index in [0.29, 0.717) is 24.1 Å². The maximum absolute atomic E-state index is 12.9. The van der Waals surface area contributed by atoms with Gasteiger partial charge in [0, 0.05) is 20.9 Å². The van der Waals surface area contributed by atoms with Gasteiger partial charge in [-0.3, -0.25) is 19.3 Å². The van der Waals surface area contributed by atoms with Crippen LogP contribution in [0.3, 0.4) is 0 Å². The molecule has 2 fully saturated rings. The zero-order chi connectivity index (χ0) is 21.6. The second-order valence-corrected chi connectivity index (χ2v) is 10.3. The zero-order valence-corrected chi connectivity index (χ0v) is 19.9. The molecule has 1 saturated carbocycles. The third kappa shape index (κ3) is 3.73. The lowest BCUT2D eigenvalue weighted by Crippen LogP contribution is -2.34. The van der Waals surface area contributed by atoms with E-state index in [1.54, 1.807) is 24.3 Å². The normalized spacial score (nSPS) is 25.9. The van der Waals surface area contributed by atoms with E-state index >= 15 is 0 Å². The standard InChI is InChI=1S/C23H22Br2N2O3/c1-12-4-3-5-20(13(12)2)26-21(28)14-6-8-15(9-7-14)27-22(29)16-10-18(24)19(25)11-17(16)23(27)30/h3-9,16-19H,10-11H2,1-2H3,(H,26,28)/t16-,17-,18-,19+/m1/s1. The average molecular weight is 534 g/mol. The minimum absolute atomic E-state index is 0.151. The number of nitrogens with zero attached hydrogens (tertiary/aromatic N) is 1. The van der Waals surface area contributed by atoms with Crippen LogP contribution in [0.5, 0.6) is 0 Å². The van der Waals surface area contributed by atoms with E-state index in [-0.39, 0.29) is 39.2 Å². The molecule has 7 heteroatoms. The van der Waals surface area contributed by atoms with Crippen molar-refractivity contribution in [2.24, 2.45) is 11.8 Å². The first kappa shape index (κ1) is 21.2. The van der Waals surface area contributed by atoms with Gasteiger partial charge in [-0.1, -0.05) is 44.0 Å². The average Bonchev–Trinajstić information content (AvgIpc) is 2.96. The van der Waals surface area contributed by atoms with Crippen LogP contribution in [-0.4, -0.2) is 27.4 Å². The van der Waals surface area contributed by atoms with E-state index in [2.05, 4.69) is 37.2 Å². The number of alkyl halides is 2. The topological polar surface area (TPSA) is 66.5 Å². The molecule has 1 N–H and O–H groups in total. The highest BCUT2D eigenvalue weighted by Gasteiger charge is 2.52. The summed E-state index contributed by atoms with van der Waals surface area (Å²) in [6, 6.07) is 12.4. The highest BCUT2D eigenvalue weighted by atomic mass is 79.9. The molecule has 3 amide bonds. The van der Waals surface area contributed by atoms with Crippen LogP contribution in [-0.2, 0) is 9.59 Å². The first-order chi connectivity index (χ1) is 14.3. The minimum atomic E-state index is -0.289. The summed E-state index contributed by atoms with van der Waals surface area (Å²) in [5.41, 5.74) is 3.88. The molecule has 0 aromatic heterocycles. The van der Waals surface area contributed by atoms with Crippen molar-refractivity contribution in [2.45, 2.75) is 36.3 Å². The Morgan fingerprint density at radius 2 is 1.50 bits per heavy atom. The summed E-state index contributed by atoms with van der Waals surface area (Å²) in [5.74, 6) is -1.11. The monoisotopic (exact) mass is 532 g/mol. The number of carbonyl (C=O) groups is 3. The van der Waals surface area contributed by atoms with E-state index in [1.165, 1.54) is 4.90 Å². The largest absolute Gasteiger partial charge is 0.322 e. The molecule has 2 aromatic rings. The summed E-state index contributed by atoms with van der Waals surface area (Å²) in [6.45, 7) is 3.96. The van der Waals surface area contributed by atoms with Gasteiger partial charge in [0.25, 0.3) is 5.91 Å². The van der Waals surface area contributed by atoms with Crippen molar-refractivity contribution in [3.8, 4) is 0 Å². The number of carbonyl (C=O) groups excluding carboxylic acids is 3. The predicted molar refractivity (Wildman–Crippen MR) is 124 cm³/mol. The van der Waals surface area contributed by atoms with Crippen molar-refractivity contribution >= 4 is 61.0 Å². The van der Waals surface area contributed by atoms with Crippen LogP contribution < -0.4 is 10.2 Å². The number of benzene rings is 2. The molecule has 0 spiro atoms. The number of rotatable bonds is 3. The van der Waals surface area contributed by atoms with Gasteiger partial charge in [-0.25, -0.2) is 0 Å². The summed E-state index contributed by atoms with van der Waals surface area (Å²) >= 11 is 7.20. The number of imide groups is 1. The van der Waals surface area contributed by atoms with Gasteiger partial charge in [0.1, 0.15) is 0 Å². The predicted octanol–water partition coefficient (Wildman–Crippen LogP) is 4.98. The Kier molecular flexibility index (Phi) is 5.86. The van der Waals surface area contributed by atoms with Crippen LogP contribution in [0.1, 0.15) is 34.3 Å². The van der Waals surface area contributed by atoms with Gasteiger partial charge in [-0.15, -0.1) is 0 Å². The summed E-state index contributed by atoms with van der Waals surface area (Å²) in [4.78, 5) is 40.1. The molecule has 5 nitrogen and oxygen atoms in total. The number of halogens is 2. The van der Waals surface area contributed by atoms with E-state index in [0.717, 1.165) is 16.8 Å². The molecular weight excluding hydrogens is 512 g/mol. The number of hydrogen-bond donors (Lipinski definition) is 1. The molecular formula is C23H22Br2N2O3. The Hall–Kier alpha value is -1.99. The summed E-state index contributed by atoms with van der Waals surface area (Å²) in [5, 5.41) is 2.93. The molecule has 4 rings (SSSR count). The maximum atomic E-state index is 12.9. The van der Waals surface area contributed by atoms with Crippen molar-refractivity contribution in [2.75, 3.05) is 10.2 Å². The number of aryl methyl sites for hydroxylation is 1. The Morgan fingerprint density at radius 1 is 0.933 bits per heavy atom. The number of anilines is 2. The molecule has 2 aromatic carbocycles. The molecule has 0 bridgehead atoms. The Morgan fingerprint density at radius 3 is 2.07 bits per heavy atom. The highest BCUT2D eigenvalue weighted by molar-refractivity contribution is 9.12. The van der Waals surface area contributed by atoms with Gasteiger partial charge >= 0.3 is 0 Å². The molecule has 1 aliphatic carbocycles. The molecule has 1 heterocycles. The number of amides is 3. The van der Waals surface area contributed by atoms with Gasteiger partial charge in [-0.05, 0) is 68.1 Å².